The quantitative estimate of drug-likeness (QED) is 0.553. The average molecular weight is 128 g/mol. The normalized spacial score (nSPS) is 25.7. The van der Waals surface area contributed by atoms with E-state index in [1.54, 1.807) is 7.11 Å². The number of hydrogen-bond acceptors (Lipinski definition) is 1. The number of rotatable bonds is 2. The van der Waals surface area contributed by atoms with Gasteiger partial charge in [0.2, 0.25) is 0 Å². The van der Waals surface area contributed by atoms with Crippen LogP contribution in [0.3, 0.4) is 0 Å². The summed E-state index contributed by atoms with van der Waals surface area (Å²) < 4.78 is 5.04. The summed E-state index contributed by atoms with van der Waals surface area (Å²) in [4.78, 5) is 0. The van der Waals surface area contributed by atoms with Crippen molar-refractivity contribution < 1.29 is 4.74 Å². The van der Waals surface area contributed by atoms with Gasteiger partial charge in [-0.2, -0.15) is 0 Å². The Bertz CT molecular complexity index is 88.7. The zero-order valence-corrected chi connectivity index (χ0v) is 6.61. The molecule has 0 heterocycles. The van der Waals surface area contributed by atoms with Crippen molar-refractivity contribution in [3.05, 3.63) is 0 Å². The fraction of sp³-hybridized carbons (Fsp3) is 1.00. The molecule has 0 aliphatic heterocycles. The maximum Gasteiger partial charge on any atom is 0.0490 e. The molecule has 0 radical (unpaired) electrons. The highest BCUT2D eigenvalue weighted by Gasteiger charge is 2.35. The van der Waals surface area contributed by atoms with Crippen molar-refractivity contribution in [2.75, 3.05) is 13.7 Å². The summed E-state index contributed by atoms with van der Waals surface area (Å²) in [5.41, 5.74) is 0.614. The standard InChI is InChI=1S/C8H16O/c1-8(2)4-7(5-8)6-9-3/h7H,4-6H2,1-3H3. The zero-order chi connectivity index (χ0) is 6.91. The fourth-order valence-corrected chi connectivity index (χ4v) is 1.86. The van der Waals surface area contributed by atoms with Gasteiger partial charge in [0, 0.05) is 13.7 Å². The third-order valence-corrected chi connectivity index (χ3v) is 2.08. The molecule has 9 heavy (non-hydrogen) atoms. The van der Waals surface area contributed by atoms with Crippen LogP contribution in [-0.4, -0.2) is 13.7 Å². The summed E-state index contributed by atoms with van der Waals surface area (Å²) in [6.07, 6.45) is 2.70. The summed E-state index contributed by atoms with van der Waals surface area (Å²) in [6.45, 7) is 5.60. The Balaban J connectivity index is 2.12. The first kappa shape index (κ1) is 7.07. The van der Waals surface area contributed by atoms with Crippen LogP contribution in [0.2, 0.25) is 0 Å². The highest BCUT2D eigenvalue weighted by atomic mass is 16.5. The van der Waals surface area contributed by atoms with E-state index in [9.17, 15) is 0 Å². The predicted molar refractivity (Wildman–Crippen MR) is 38.4 cm³/mol. The molecule has 0 spiro atoms. The molecule has 54 valence electrons. The van der Waals surface area contributed by atoms with Gasteiger partial charge in [0.05, 0.1) is 0 Å². The molecule has 1 fully saturated rings. The first-order valence-corrected chi connectivity index (χ1v) is 3.63. The van der Waals surface area contributed by atoms with Crippen LogP contribution in [0.15, 0.2) is 0 Å². The van der Waals surface area contributed by atoms with Crippen molar-refractivity contribution in [3.8, 4) is 0 Å². The van der Waals surface area contributed by atoms with Gasteiger partial charge >= 0.3 is 0 Å². The second-order valence-corrected chi connectivity index (χ2v) is 3.89. The minimum Gasteiger partial charge on any atom is -0.384 e. The Labute approximate surface area is 57.4 Å². The van der Waals surface area contributed by atoms with E-state index in [-0.39, 0.29) is 0 Å². The number of methoxy groups -OCH3 is 1. The van der Waals surface area contributed by atoms with E-state index in [4.69, 9.17) is 4.74 Å². The first-order valence-electron chi connectivity index (χ1n) is 3.63. The molecular formula is C8H16O. The largest absolute Gasteiger partial charge is 0.384 e. The van der Waals surface area contributed by atoms with Gasteiger partial charge in [-0.25, -0.2) is 0 Å². The lowest BCUT2D eigenvalue weighted by atomic mass is 9.65. The Hall–Kier alpha value is -0.0400. The first-order chi connectivity index (χ1) is 4.14. The van der Waals surface area contributed by atoms with Crippen LogP contribution in [0.1, 0.15) is 26.7 Å². The van der Waals surface area contributed by atoms with E-state index in [2.05, 4.69) is 13.8 Å². The Morgan fingerprint density at radius 2 is 2.00 bits per heavy atom. The van der Waals surface area contributed by atoms with E-state index in [0.717, 1.165) is 12.5 Å². The molecule has 1 aliphatic carbocycles. The van der Waals surface area contributed by atoms with Crippen molar-refractivity contribution in [2.45, 2.75) is 26.7 Å². The van der Waals surface area contributed by atoms with Gasteiger partial charge in [0.15, 0.2) is 0 Å². The molecule has 0 atom stereocenters. The lowest BCUT2D eigenvalue weighted by Crippen LogP contribution is -2.34. The molecule has 0 amide bonds. The molecule has 0 unspecified atom stereocenters. The molecule has 0 saturated heterocycles. The van der Waals surface area contributed by atoms with Crippen molar-refractivity contribution >= 4 is 0 Å². The van der Waals surface area contributed by atoms with Crippen molar-refractivity contribution in [1.82, 2.24) is 0 Å². The Kier molecular flexibility index (Phi) is 1.80. The highest BCUT2D eigenvalue weighted by Crippen LogP contribution is 2.44. The third-order valence-electron chi connectivity index (χ3n) is 2.08. The average Bonchev–Trinajstić information content (AvgIpc) is 1.62. The van der Waals surface area contributed by atoms with E-state index >= 15 is 0 Å². The van der Waals surface area contributed by atoms with Crippen LogP contribution in [0, 0.1) is 11.3 Å². The highest BCUT2D eigenvalue weighted by molar-refractivity contribution is 4.86. The third kappa shape index (κ3) is 1.68. The van der Waals surface area contributed by atoms with Crippen molar-refractivity contribution in [2.24, 2.45) is 11.3 Å². The summed E-state index contributed by atoms with van der Waals surface area (Å²) in [5.74, 6) is 0.852. The Morgan fingerprint density at radius 1 is 1.44 bits per heavy atom. The SMILES string of the molecule is COCC1CC(C)(C)C1. The topological polar surface area (TPSA) is 9.23 Å². The molecule has 1 heteroatoms. The summed E-state index contributed by atoms with van der Waals surface area (Å²) in [7, 11) is 1.78. The van der Waals surface area contributed by atoms with Crippen LogP contribution in [0.4, 0.5) is 0 Å². The molecule has 0 N–H and O–H groups in total. The molecule has 1 nitrogen and oxygen atoms in total. The molecule has 0 aromatic rings. The van der Waals surface area contributed by atoms with Gasteiger partial charge < -0.3 is 4.74 Å². The minimum atomic E-state index is 0.614. The second kappa shape index (κ2) is 2.30. The van der Waals surface area contributed by atoms with Crippen molar-refractivity contribution in [1.29, 1.82) is 0 Å². The van der Waals surface area contributed by atoms with Gasteiger partial charge in [-0.05, 0) is 24.2 Å². The van der Waals surface area contributed by atoms with Gasteiger partial charge in [-0.15, -0.1) is 0 Å². The summed E-state index contributed by atoms with van der Waals surface area (Å²) >= 11 is 0. The predicted octanol–water partition coefficient (Wildman–Crippen LogP) is 2.07. The summed E-state index contributed by atoms with van der Waals surface area (Å²) in [6, 6.07) is 0. The maximum atomic E-state index is 5.04. The molecule has 0 bridgehead atoms. The zero-order valence-electron chi connectivity index (χ0n) is 6.61. The van der Waals surface area contributed by atoms with E-state index in [1.165, 1.54) is 12.8 Å². The minimum absolute atomic E-state index is 0.614. The molecule has 1 aliphatic rings. The van der Waals surface area contributed by atoms with Gasteiger partial charge in [-0.1, -0.05) is 13.8 Å². The van der Waals surface area contributed by atoms with Gasteiger partial charge in [-0.3, -0.25) is 0 Å². The van der Waals surface area contributed by atoms with Crippen LogP contribution >= 0.6 is 0 Å². The summed E-state index contributed by atoms with van der Waals surface area (Å²) in [5, 5.41) is 0. The smallest absolute Gasteiger partial charge is 0.0490 e. The molecule has 0 aromatic carbocycles. The lowest BCUT2D eigenvalue weighted by Gasteiger charge is -2.42. The molecule has 1 saturated carbocycles. The monoisotopic (exact) mass is 128 g/mol. The van der Waals surface area contributed by atoms with Gasteiger partial charge in [0.25, 0.3) is 0 Å². The second-order valence-electron chi connectivity index (χ2n) is 3.89. The van der Waals surface area contributed by atoms with Crippen LogP contribution in [0.5, 0.6) is 0 Å². The number of hydrogen-bond donors (Lipinski definition) is 0. The van der Waals surface area contributed by atoms with Gasteiger partial charge in [0.1, 0.15) is 0 Å². The van der Waals surface area contributed by atoms with E-state index in [0.29, 0.717) is 5.41 Å². The fourth-order valence-electron chi connectivity index (χ4n) is 1.86. The van der Waals surface area contributed by atoms with E-state index in [1.807, 2.05) is 0 Å². The maximum absolute atomic E-state index is 5.04. The van der Waals surface area contributed by atoms with Crippen LogP contribution in [-0.2, 0) is 4.74 Å². The molecular weight excluding hydrogens is 112 g/mol. The van der Waals surface area contributed by atoms with E-state index < -0.39 is 0 Å². The number of ether oxygens (including phenoxy) is 1. The van der Waals surface area contributed by atoms with Crippen LogP contribution < -0.4 is 0 Å². The van der Waals surface area contributed by atoms with Crippen LogP contribution in [0.25, 0.3) is 0 Å². The van der Waals surface area contributed by atoms with Crippen molar-refractivity contribution in [3.63, 3.8) is 0 Å². The molecule has 1 rings (SSSR count). The Morgan fingerprint density at radius 3 is 2.33 bits per heavy atom. The lowest BCUT2D eigenvalue weighted by molar-refractivity contribution is 0.0267. The molecule has 0 aromatic heterocycles.